The number of furan rings is 1. The van der Waals surface area contributed by atoms with Crippen LogP contribution in [0.4, 0.5) is 0 Å². The van der Waals surface area contributed by atoms with Crippen molar-refractivity contribution in [3.05, 3.63) is 60.1 Å². The van der Waals surface area contributed by atoms with Crippen LogP contribution in [-0.2, 0) is 16.1 Å². The molecule has 0 saturated heterocycles. The number of carbonyl (C=O) groups excluding carboxylic acids is 1. The lowest BCUT2D eigenvalue weighted by atomic mass is 10.2. The molecule has 0 saturated carbocycles. The predicted molar refractivity (Wildman–Crippen MR) is 77.4 cm³/mol. The molecule has 2 rings (SSSR count). The minimum Gasteiger partial charge on any atom is -0.467 e. The van der Waals surface area contributed by atoms with Crippen LogP contribution in [-0.4, -0.2) is 24.2 Å². The number of rotatable bonds is 8. The Bertz CT molecular complexity index is 524. The van der Waals surface area contributed by atoms with E-state index >= 15 is 0 Å². The van der Waals surface area contributed by atoms with Crippen LogP contribution < -0.4 is 5.32 Å². The van der Waals surface area contributed by atoms with Crippen molar-refractivity contribution >= 4 is 5.91 Å². The number of hydrogen-bond acceptors (Lipinski definition) is 4. The summed E-state index contributed by atoms with van der Waals surface area (Å²) in [5.41, 5.74) is 1.07. The third-order valence-corrected chi connectivity index (χ3v) is 2.99. The second-order valence-corrected chi connectivity index (χ2v) is 4.61. The maximum atomic E-state index is 11.8. The molecule has 1 amide bonds. The van der Waals surface area contributed by atoms with Gasteiger partial charge in [0.05, 0.1) is 26.1 Å². The number of aliphatic hydroxyl groups is 1. The van der Waals surface area contributed by atoms with E-state index < -0.39 is 6.04 Å². The van der Waals surface area contributed by atoms with E-state index in [1.807, 2.05) is 30.3 Å². The molecule has 1 aromatic carbocycles. The molecule has 0 radical (unpaired) electrons. The molecule has 1 aromatic heterocycles. The van der Waals surface area contributed by atoms with Gasteiger partial charge in [0.2, 0.25) is 5.91 Å². The van der Waals surface area contributed by atoms with E-state index in [-0.39, 0.29) is 18.9 Å². The first-order valence-corrected chi connectivity index (χ1v) is 6.85. The van der Waals surface area contributed by atoms with Gasteiger partial charge >= 0.3 is 0 Å². The average Bonchev–Trinajstić information content (AvgIpc) is 3.04. The van der Waals surface area contributed by atoms with Gasteiger partial charge in [-0.25, -0.2) is 0 Å². The lowest BCUT2D eigenvalue weighted by Gasteiger charge is -2.13. The van der Waals surface area contributed by atoms with Crippen molar-refractivity contribution in [2.75, 3.05) is 13.2 Å². The highest BCUT2D eigenvalue weighted by molar-refractivity contribution is 5.76. The van der Waals surface area contributed by atoms with Crippen molar-refractivity contribution in [1.82, 2.24) is 5.32 Å². The maximum absolute atomic E-state index is 11.8. The van der Waals surface area contributed by atoms with Gasteiger partial charge in [-0.1, -0.05) is 30.3 Å². The molecule has 1 heterocycles. The standard InChI is InChI=1S/C16H19NO4/c18-11-14(15-7-4-9-21-15)17-16(19)8-10-20-12-13-5-2-1-3-6-13/h1-7,9,14,18H,8,10-12H2,(H,17,19). The molecule has 2 N–H and O–H groups in total. The molecule has 5 heteroatoms. The van der Waals surface area contributed by atoms with Crippen LogP contribution in [0.5, 0.6) is 0 Å². The summed E-state index contributed by atoms with van der Waals surface area (Å²) in [7, 11) is 0. The molecule has 0 fully saturated rings. The molecule has 0 aliphatic rings. The number of benzene rings is 1. The number of carbonyl (C=O) groups is 1. The van der Waals surface area contributed by atoms with E-state index in [4.69, 9.17) is 9.15 Å². The van der Waals surface area contributed by atoms with E-state index in [9.17, 15) is 9.90 Å². The van der Waals surface area contributed by atoms with Crippen LogP contribution in [0.1, 0.15) is 23.8 Å². The third kappa shape index (κ3) is 5.06. The summed E-state index contributed by atoms with van der Waals surface area (Å²) in [6.07, 6.45) is 1.75. The van der Waals surface area contributed by atoms with Crippen molar-refractivity contribution in [3.63, 3.8) is 0 Å². The zero-order valence-electron chi connectivity index (χ0n) is 11.7. The quantitative estimate of drug-likeness (QED) is 0.729. The number of amides is 1. The highest BCUT2D eigenvalue weighted by Crippen LogP contribution is 2.12. The second kappa shape index (κ2) is 8.24. The lowest BCUT2D eigenvalue weighted by molar-refractivity contribution is -0.123. The van der Waals surface area contributed by atoms with Crippen LogP contribution >= 0.6 is 0 Å². The van der Waals surface area contributed by atoms with Gasteiger partial charge in [-0.05, 0) is 17.7 Å². The molecular weight excluding hydrogens is 270 g/mol. The Morgan fingerprint density at radius 1 is 1.24 bits per heavy atom. The van der Waals surface area contributed by atoms with Crippen LogP contribution in [0.25, 0.3) is 0 Å². The van der Waals surface area contributed by atoms with Gasteiger partial charge in [-0.3, -0.25) is 4.79 Å². The first-order valence-electron chi connectivity index (χ1n) is 6.85. The Morgan fingerprint density at radius 2 is 2.05 bits per heavy atom. The van der Waals surface area contributed by atoms with Crippen molar-refractivity contribution in [1.29, 1.82) is 0 Å². The smallest absolute Gasteiger partial charge is 0.222 e. The third-order valence-electron chi connectivity index (χ3n) is 2.99. The van der Waals surface area contributed by atoms with Crippen LogP contribution in [0.15, 0.2) is 53.1 Å². The predicted octanol–water partition coefficient (Wildman–Crippen LogP) is 2.04. The molecule has 1 atom stereocenters. The summed E-state index contributed by atoms with van der Waals surface area (Å²) in [5, 5.41) is 12.0. The fourth-order valence-electron chi connectivity index (χ4n) is 1.89. The molecule has 112 valence electrons. The fraction of sp³-hybridized carbons (Fsp3) is 0.312. The lowest BCUT2D eigenvalue weighted by Crippen LogP contribution is -2.31. The molecule has 21 heavy (non-hydrogen) atoms. The van der Waals surface area contributed by atoms with E-state index in [0.29, 0.717) is 19.0 Å². The topological polar surface area (TPSA) is 71.7 Å². The Hall–Kier alpha value is -2.11. The summed E-state index contributed by atoms with van der Waals surface area (Å²) >= 11 is 0. The Balaban J connectivity index is 1.67. The summed E-state index contributed by atoms with van der Waals surface area (Å²) in [6.45, 7) is 0.608. The molecule has 0 spiro atoms. The Kier molecular flexibility index (Phi) is 5.99. The van der Waals surface area contributed by atoms with Gasteiger partial charge < -0.3 is 19.6 Å². The van der Waals surface area contributed by atoms with Gasteiger partial charge in [0.15, 0.2) is 0 Å². The molecule has 0 aliphatic heterocycles. The molecule has 0 aliphatic carbocycles. The molecule has 5 nitrogen and oxygen atoms in total. The molecular formula is C16H19NO4. The number of ether oxygens (including phenoxy) is 1. The van der Waals surface area contributed by atoms with Gasteiger partial charge in [-0.2, -0.15) is 0 Å². The van der Waals surface area contributed by atoms with Gasteiger partial charge in [-0.15, -0.1) is 0 Å². The van der Waals surface area contributed by atoms with Crippen molar-refractivity contribution in [2.24, 2.45) is 0 Å². The van der Waals surface area contributed by atoms with Crippen LogP contribution in [0, 0.1) is 0 Å². The highest BCUT2D eigenvalue weighted by atomic mass is 16.5. The summed E-state index contributed by atoms with van der Waals surface area (Å²) in [6, 6.07) is 12.7. The van der Waals surface area contributed by atoms with Gasteiger partial charge in [0.1, 0.15) is 11.8 Å². The normalized spacial score (nSPS) is 12.0. The van der Waals surface area contributed by atoms with E-state index in [0.717, 1.165) is 5.56 Å². The summed E-state index contributed by atoms with van der Waals surface area (Å²) in [5.74, 6) is 0.356. The minimum atomic E-state index is -0.512. The van der Waals surface area contributed by atoms with Crippen molar-refractivity contribution in [3.8, 4) is 0 Å². The second-order valence-electron chi connectivity index (χ2n) is 4.61. The fourth-order valence-corrected chi connectivity index (χ4v) is 1.89. The van der Waals surface area contributed by atoms with E-state index in [1.165, 1.54) is 6.26 Å². The number of hydrogen-bond donors (Lipinski definition) is 2. The first-order chi connectivity index (χ1) is 10.3. The number of aliphatic hydroxyl groups excluding tert-OH is 1. The molecule has 0 bridgehead atoms. The summed E-state index contributed by atoms with van der Waals surface area (Å²) in [4.78, 5) is 11.8. The van der Waals surface area contributed by atoms with Gasteiger partial charge in [0, 0.05) is 6.42 Å². The summed E-state index contributed by atoms with van der Waals surface area (Å²) < 4.78 is 10.6. The van der Waals surface area contributed by atoms with Gasteiger partial charge in [0.25, 0.3) is 0 Å². The number of nitrogens with one attached hydrogen (secondary N) is 1. The largest absolute Gasteiger partial charge is 0.467 e. The Labute approximate surface area is 123 Å². The van der Waals surface area contributed by atoms with Crippen molar-refractivity contribution < 1.29 is 19.1 Å². The first kappa shape index (κ1) is 15.3. The van der Waals surface area contributed by atoms with Crippen LogP contribution in [0.2, 0.25) is 0 Å². The van der Waals surface area contributed by atoms with Crippen LogP contribution in [0.3, 0.4) is 0 Å². The zero-order chi connectivity index (χ0) is 14.9. The zero-order valence-corrected chi connectivity index (χ0v) is 11.7. The van der Waals surface area contributed by atoms with E-state index in [1.54, 1.807) is 12.1 Å². The highest BCUT2D eigenvalue weighted by Gasteiger charge is 2.15. The molecule has 2 aromatic rings. The molecule has 1 unspecified atom stereocenters. The van der Waals surface area contributed by atoms with Crippen molar-refractivity contribution in [2.45, 2.75) is 19.1 Å². The van der Waals surface area contributed by atoms with E-state index in [2.05, 4.69) is 5.32 Å². The minimum absolute atomic E-state index is 0.182. The Morgan fingerprint density at radius 3 is 2.71 bits per heavy atom. The maximum Gasteiger partial charge on any atom is 0.222 e. The monoisotopic (exact) mass is 289 g/mol. The average molecular weight is 289 g/mol. The SMILES string of the molecule is O=C(CCOCc1ccccc1)NC(CO)c1ccco1.